The van der Waals surface area contributed by atoms with Gasteiger partial charge >= 0.3 is 0 Å². The van der Waals surface area contributed by atoms with Crippen LogP contribution in [0.3, 0.4) is 0 Å². The molecule has 0 spiro atoms. The molecule has 1 rings (SSSR count). The molecule has 0 heterocycles. The Balaban J connectivity index is 2.56. The molecule has 108 valence electrons. The van der Waals surface area contributed by atoms with E-state index in [1.807, 2.05) is 0 Å². The first-order chi connectivity index (χ1) is 8.96. The Kier molecular flexibility index (Phi) is 6.11. The van der Waals surface area contributed by atoms with E-state index < -0.39 is 9.84 Å². The Morgan fingerprint density at radius 1 is 1.32 bits per heavy atom. The first-order valence-corrected chi connectivity index (χ1v) is 8.26. The lowest BCUT2D eigenvalue weighted by Crippen LogP contribution is -2.12. The van der Waals surface area contributed by atoms with Gasteiger partial charge in [-0.25, -0.2) is 8.42 Å². The van der Waals surface area contributed by atoms with Crippen LogP contribution in [0.4, 0.5) is 11.4 Å². The van der Waals surface area contributed by atoms with Crippen LogP contribution >= 0.6 is 0 Å². The first kappa shape index (κ1) is 15.8. The maximum absolute atomic E-state index is 11.5. The van der Waals surface area contributed by atoms with Gasteiger partial charge in [-0.05, 0) is 18.6 Å². The van der Waals surface area contributed by atoms with Crippen LogP contribution in [-0.2, 0) is 14.6 Å². The minimum atomic E-state index is -3.29. The highest BCUT2D eigenvalue weighted by atomic mass is 32.2. The molecule has 0 bridgehead atoms. The molecule has 3 N–H and O–H groups in total. The third kappa shape index (κ3) is 5.08. The van der Waals surface area contributed by atoms with Gasteiger partial charge in [-0.2, -0.15) is 0 Å². The van der Waals surface area contributed by atoms with Gasteiger partial charge in [-0.15, -0.1) is 0 Å². The summed E-state index contributed by atoms with van der Waals surface area (Å²) in [6.07, 6.45) is 3.30. The number of anilines is 2. The maximum atomic E-state index is 11.5. The number of para-hydroxylation sites is 1. The highest BCUT2D eigenvalue weighted by molar-refractivity contribution is 7.90. The van der Waals surface area contributed by atoms with Crippen LogP contribution in [0.1, 0.15) is 19.8 Å². The van der Waals surface area contributed by atoms with Crippen molar-refractivity contribution in [3.63, 3.8) is 0 Å². The quantitative estimate of drug-likeness (QED) is 0.563. The number of sulfone groups is 1. The summed E-state index contributed by atoms with van der Waals surface area (Å²) in [7, 11) is -3.29. The molecule has 1 aromatic rings. The van der Waals surface area contributed by atoms with Crippen LogP contribution in [0, 0.1) is 0 Å². The van der Waals surface area contributed by atoms with Crippen molar-refractivity contribution in [2.24, 2.45) is 0 Å². The van der Waals surface area contributed by atoms with Crippen molar-refractivity contribution in [3.8, 4) is 0 Å². The molecule has 0 radical (unpaired) electrons. The third-order valence-corrected chi connectivity index (χ3v) is 3.82. The van der Waals surface area contributed by atoms with E-state index in [0.717, 1.165) is 25.7 Å². The zero-order valence-corrected chi connectivity index (χ0v) is 12.3. The lowest BCUT2D eigenvalue weighted by atomic mass is 10.2. The van der Waals surface area contributed by atoms with Crippen molar-refractivity contribution in [1.82, 2.24) is 0 Å². The minimum absolute atomic E-state index is 0.157. The van der Waals surface area contributed by atoms with E-state index in [2.05, 4.69) is 12.2 Å². The van der Waals surface area contributed by atoms with Gasteiger partial charge < -0.3 is 15.8 Å². The molecule has 0 unspecified atom stereocenters. The van der Waals surface area contributed by atoms with Gasteiger partial charge in [0, 0.05) is 19.4 Å². The molecule has 0 aromatic heterocycles. The highest BCUT2D eigenvalue weighted by Gasteiger charge is 2.13. The number of unbranched alkanes of at least 4 members (excludes halogenated alkanes) is 1. The molecule has 0 fully saturated rings. The van der Waals surface area contributed by atoms with Crippen LogP contribution in [0.15, 0.2) is 23.1 Å². The average Bonchev–Trinajstić information content (AvgIpc) is 2.34. The Morgan fingerprint density at radius 3 is 2.68 bits per heavy atom. The maximum Gasteiger partial charge on any atom is 0.177 e. The SMILES string of the molecule is CCCCOCCNc1cccc(S(C)(=O)=O)c1N. The number of benzene rings is 1. The van der Waals surface area contributed by atoms with E-state index in [9.17, 15) is 8.42 Å². The normalized spacial score (nSPS) is 11.5. The largest absolute Gasteiger partial charge is 0.396 e. The van der Waals surface area contributed by atoms with Gasteiger partial charge in [0.2, 0.25) is 0 Å². The summed E-state index contributed by atoms with van der Waals surface area (Å²) in [5, 5.41) is 3.09. The van der Waals surface area contributed by atoms with Crippen molar-refractivity contribution in [1.29, 1.82) is 0 Å². The van der Waals surface area contributed by atoms with Crippen molar-refractivity contribution < 1.29 is 13.2 Å². The second kappa shape index (κ2) is 7.35. The van der Waals surface area contributed by atoms with E-state index in [0.29, 0.717) is 18.8 Å². The fourth-order valence-corrected chi connectivity index (χ4v) is 2.46. The number of ether oxygens (including phenoxy) is 1. The molecule has 0 amide bonds. The van der Waals surface area contributed by atoms with Crippen LogP contribution in [-0.4, -0.2) is 34.4 Å². The number of hydrogen-bond acceptors (Lipinski definition) is 5. The molecule has 0 aliphatic carbocycles. The third-order valence-electron chi connectivity index (χ3n) is 2.67. The Morgan fingerprint density at radius 2 is 2.05 bits per heavy atom. The predicted molar refractivity (Wildman–Crippen MR) is 78.2 cm³/mol. The lowest BCUT2D eigenvalue weighted by molar-refractivity contribution is 0.141. The van der Waals surface area contributed by atoms with Gasteiger partial charge in [-0.3, -0.25) is 0 Å². The summed E-state index contributed by atoms with van der Waals surface area (Å²) in [6.45, 7) is 4.03. The minimum Gasteiger partial charge on any atom is -0.396 e. The van der Waals surface area contributed by atoms with Gasteiger partial charge in [0.1, 0.15) is 0 Å². The van der Waals surface area contributed by atoms with Gasteiger partial charge in [0.25, 0.3) is 0 Å². The lowest BCUT2D eigenvalue weighted by Gasteiger charge is -2.12. The van der Waals surface area contributed by atoms with E-state index in [4.69, 9.17) is 10.5 Å². The van der Waals surface area contributed by atoms with Gasteiger partial charge in [0.15, 0.2) is 9.84 Å². The van der Waals surface area contributed by atoms with Crippen LogP contribution < -0.4 is 11.1 Å². The second-order valence-electron chi connectivity index (χ2n) is 4.38. The number of rotatable bonds is 8. The van der Waals surface area contributed by atoms with Crippen molar-refractivity contribution >= 4 is 21.2 Å². The van der Waals surface area contributed by atoms with Gasteiger partial charge in [0.05, 0.1) is 22.9 Å². The monoisotopic (exact) mass is 286 g/mol. The number of hydrogen-bond donors (Lipinski definition) is 2. The van der Waals surface area contributed by atoms with Crippen LogP contribution in [0.25, 0.3) is 0 Å². The standard InChI is InChI=1S/C13H22N2O3S/c1-3-4-9-18-10-8-15-11-6-5-7-12(13(11)14)19(2,16)17/h5-7,15H,3-4,8-10,14H2,1-2H3. The smallest absolute Gasteiger partial charge is 0.177 e. The molecule has 19 heavy (non-hydrogen) atoms. The molecule has 1 aromatic carbocycles. The van der Waals surface area contributed by atoms with Crippen LogP contribution in [0.2, 0.25) is 0 Å². The summed E-state index contributed by atoms with van der Waals surface area (Å²) < 4.78 is 28.5. The summed E-state index contributed by atoms with van der Waals surface area (Å²) in [6, 6.07) is 4.94. The molecule has 0 atom stereocenters. The second-order valence-corrected chi connectivity index (χ2v) is 6.37. The van der Waals surface area contributed by atoms with Crippen molar-refractivity contribution in [3.05, 3.63) is 18.2 Å². The Hall–Kier alpha value is -1.27. The zero-order chi connectivity index (χ0) is 14.3. The molecular formula is C13H22N2O3S. The summed E-state index contributed by atoms with van der Waals surface area (Å²) in [4.78, 5) is 0.157. The summed E-state index contributed by atoms with van der Waals surface area (Å²) >= 11 is 0. The van der Waals surface area contributed by atoms with Crippen LogP contribution in [0.5, 0.6) is 0 Å². The zero-order valence-electron chi connectivity index (χ0n) is 11.5. The molecular weight excluding hydrogens is 264 g/mol. The number of nitrogen functional groups attached to an aromatic ring is 1. The van der Waals surface area contributed by atoms with E-state index >= 15 is 0 Å². The van der Waals surface area contributed by atoms with E-state index in [1.165, 1.54) is 6.07 Å². The van der Waals surface area contributed by atoms with Crippen molar-refractivity contribution in [2.45, 2.75) is 24.7 Å². The Labute approximate surface area is 115 Å². The highest BCUT2D eigenvalue weighted by Crippen LogP contribution is 2.26. The van der Waals surface area contributed by atoms with Gasteiger partial charge in [-0.1, -0.05) is 19.4 Å². The molecule has 5 nitrogen and oxygen atoms in total. The average molecular weight is 286 g/mol. The fourth-order valence-electron chi connectivity index (χ4n) is 1.63. The molecule has 6 heteroatoms. The molecule has 0 saturated carbocycles. The predicted octanol–water partition coefficient (Wildman–Crippen LogP) is 1.90. The topological polar surface area (TPSA) is 81.4 Å². The number of nitrogens with one attached hydrogen (secondary N) is 1. The Bertz CT molecular complexity index is 501. The van der Waals surface area contributed by atoms with E-state index in [1.54, 1.807) is 12.1 Å². The number of nitrogens with two attached hydrogens (primary N) is 1. The van der Waals surface area contributed by atoms with Crippen molar-refractivity contribution in [2.75, 3.05) is 37.1 Å². The summed E-state index contributed by atoms with van der Waals surface area (Å²) in [5.74, 6) is 0. The molecule has 0 aliphatic heterocycles. The fraction of sp³-hybridized carbons (Fsp3) is 0.538. The first-order valence-electron chi connectivity index (χ1n) is 6.37. The van der Waals surface area contributed by atoms with E-state index in [-0.39, 0.29) is 10.6 Å². The molecule has 0 aliphatic rings. The molecule has 0 saturated heterocycles. The summed E-state index contributed by atoms with van der Waals surface area (Å²) in [5.41, 5.74) is 6.74.